The molecule has 5 heteroatoms. The minimum atomic E-state index is -0.673. The molecule has 0 radical (unpaired) electrons. The molecule has 5 nitrogen and oxygen atoms in total. The van der Waals surface area contributed by atoms with E-state index in [0.717, 1.165) is 10.1 Å². The number of carbonyl (C=O) groups is 1. The molecule has 0 fully saturated rings. The minimum absolute atomic E-state index is 0.403. The van der Waals surface area contributed by atoms with E-state index in [2.05, 4.69) is 5.32 Å². The molecule has 1 N–H and O–H groups in total. The van der Waals surface area contributed by atoms with Crippen LogP contribution in [0.25, 0.3) is 11.1 Å². The SMILES string of the molecule is O=C(NCCc1ccccc1)n1c(=O)oc2ccccc21. The van der Waals surface area contributed by atoms with Crippen molar-refractivity contribution in [3.05, 3.63) is 70.7 Å². The number of oxazole rings is 1. The van der Waals surface area contributed by atoms with Crippen molar-refractivity contribution in [2.75, 3.05) is 6.54 Å². The minimum Gasteiger partial charge on any atom is -0.407 e. The fourth-order valence-corrected chi connectivity index (χ4v) is 2.20. The van der Waals surface area contributed by atoms with Gasteiger partial charge in [0.15, 0.2) is 5.58 Å². The van der Waals surface area contributed by atoms with Gasteiger partial charge in [-0.05, 0) is 24.1 Å². The summed E-state index contributed by atoms with van der Waals surface area (Å²) in [5, 5.41) is 2.73. The van der Waals surface area contributed by atoms with Gasteiger partial charge in [-0.15, -0.1) is 0 Å². The zero-order chi connectivity index (χ0) is 14.7. The third-order valence-electron chi connectivity index (χ3n) is 3.22. The maximum absolute atomic E-state index is 12.1. The summed E-state index contributed by atoms with van der Waals surface area (Å²) in [5.74, 6) is -0.673. The van der Waals surface area contributed by atoms with E-state index in [1.807, 2.05) is 30.3 Å². The van der Waals surface area contributed by atoms with Crippen molar-refractivity contribution in [2.24, 2.45) is 0 Å². The van der Waals surface area contributed by atoms with E-state index in [1.54, 1.807) is 24.3 Å². The second kappa shape index (κ2) is 5.66. The topological polar surface area (TPSA) is 64.2 Å². The Morgan fingerprint density at radius 2 is 1.76 bits per heavy atom. The number of aromatic nitrogens is 1. The van der Waals surface area contributed by atoms with Crippen molar-refractivity contribution in [3.63, 3.8) is 0 Å². The van der Waals surface area contributed by atoms with E-state index in [4.69, 9.17) is 4.42 Å². The molecule has 0 atom stereocenters. The summed E-state index contributed by atoms with van der Waals surface area (Å²) in [6.07, 6.45) is 0.705. The molecule has 0 saturated heterocycles. The zero-order valence-electron chi connectivity index (χ0n) is 11.3. The van der Waals surface area contributed by atoms with Gasteiger partial charge in [0.2, 0.25) is 0 Å². The van der Waals surface area contributed by atoms with Crippen LogP contribution in [0.4, 0.5) is 4.79 Å². The van der Waals surface area contributed by atoms with E-state index in [-0.39, 0.29) is 0 Å². The Balaban J connectivity index is 1.73. The summed E-state index contributed by atoms with van der Waals surface area (Å²) >= 11 is 0. The highest BCUT2D eigenvalue weighted by Crippen LogP contribution is 2.11. The summed E-state index contributed by atoms with van der Waals surface area (Å²) < 4.78 is 6.05. The average molecular weight is 282 g/mol. The highest BCUT2D eigenvalue weighted by molar-refractivity contribution is 5.87. The summed E-state index contributed by atoms with van der Waals surface area (Å²) in [6.45, 7) is 0.453. The maximum atomic E-state index is 12.1. The Hall–Kier alpha value is -2.82. The van der Waals surface area contributed by atoms with Gasteiger partial charge in [-0.25, -0.2) is 9.59 Å². The van der Waals surface area contributed by atoms with Crippen LogP contribution in [0.15, 0.2) is 63.8 Å². The molecule has 3 rings (SSSR count). The van der Waals surface area contributed by atoms with Crippen LogP contribution in [0.2, 0.25) is 0 Å². The fourth-order valence-electron chi connectivity index (χ4n) is 2.20. The van der Waals surface area contributed by atoms with Crippen LogP contribution >= 0.6 is 0 Å². The first-order valence-corrected chi connectivity index (χ1v) is 6.68. The molecule has 21 heavy (non-hydrogen) atoms. The Morgan fingerprint density at radius 1 is 1.05 bits per heavy atom. The van der Waals surface area contributed by atoms with Crippen molar-refractivity contribution in [1.82, 2.24) is 9.88 Å². The predicted octanol–water partition coefficient (Wildman–Crippen LogP) is 2.39. The summed E-state index contributed by atoms with van der Waals surface area (Å²) in [5.41, 5.74) is 2.00. The molecule has 0 bridgehead atoms. The van der Waals surface area contributed by atoms with Gasteiger partial charge in [-0.1, -0.05) is 42.5 Å². The number of hydrogen-bond acceptors (Lipinski definition) is 3. The number of benzene rings is 2. The Bertz CT molecular complexity index is 818. The monoisotopic (exact) mass is 282 g/mol. The van der Waals surface area contributed by atoms with E-state index in [0.29, 0.717) is 24.1 Å². The highest BCUT2D eigenvalue weighted by Gasteiger charge is 2.14. The number of para-hydroxylation sites is 2. The number of hydrogen-bond donors (Lipinski definition) is 1. The van der Waals surface area contributed by atoms with Gasteiger partial charge in [0.05, 0.1) is 5.52 Å². The maximum Gasteiger partial charge on any atom is 0.428 e. The molecule has 0 aliphatic heterocycles. The van der Waals surface area contributed by atoms with Crippen LogP contribution in [0.3, 0.4) is 0 Å². The summed E-state index contributed by atoms with van der Waals surface area (Å²) in [7, 11) is 0. The lowest BCUT2D eigenvalue weighted by Gasteiger charge is -2.05. The third kappa shape index (κ3) is 2.72. The Morgan fingerprint density at radius 3 is 2.57 bits per heavy atom. The highest BCUT2D eigenvalue weighted by atomic mass is 16.4. The molecule has 2 aromatic carbocycles. The van der Waals surface area contributed by atoms with Gasteiger partial charge < -0.3 is 9.73 Å². The lowest BCUT2D eigenvalue weighted by atomic mass is 10.1. The molecule has 0 spiro atoms. The van der Waals surface area contributed by atoms with Crippen LogP contribution in [0.5, 0.6) is 0 Å². The second-order valence-corrected chi connectivity index (χ2v) is 4.64. The number of amides is 1. The van der Waals surface area contributed by atoms with Gasteiger partial charge in [0.1, 0.15) is 0 Å². The molecule has 0 unspecified atom stereocenters. The number of carbonyl (C=O) groups excluding carboxylic acids is 1. The molecule has 1 aromatic heterocycles. The van der Waals surface area contributed by atoms with Crippen molar-refractivity contribution >= 4 is 17.1 Å². The molecule has 0 aliphatic rings. The molecular formula is C16H14N2O3. The van der Waals surface area contributed by atoms with Crippen LogP contribution in [-0.2, 0) is 6.42 Å². The average Bonchev–Trinajstić information content (AvgIpc) is 2.84. The van der Waals surface area contributed by atoms with Crippen LogP contribution in [0.1, 0.15) is 5.56 Å². The summed E-state index contributed by atoms with van der Waals surface area (Å²) in [4.78, 5) is 23.9. The molecule has 1 heterocycles. The lowest BCUT2D eigenvalue weighted by molar-refractivity contribution is 0.241. The zero-order valence-corrected chi connectivity index (χ0v) is 11.3. The number of fused-ring (bicyclic) bond motifs is 1. The van der Waals surface area contributed by atoms with Gasteiger partial charge >= 0.3 is 11.8 Å². The van der Waals surface area contributed by atoms with E-state index in [9.17, 15) is 9.59 Å². The van der Waals surface area contributed by atoms with Gasteiger partial charge in [0.25, 0.3) is 0 Å². The van der Waals surface area contributed by atoms with E-state index >= 15 is 0 Å². The largest absolute Gasteiger partial charge is 0.428 e. The lowest BCUT2D eigenvalue weighted by Crippen LogP contribution is -2.35. The quantitative estimate of drug-likeness (QED) is 0.802. The smallest absolute Gasteiger partial charge is 0.407 e. The number of nitrogens with one attached hydrogen (secondary N) is 1. The fraction of sp³-hybridized carbons (Fsp3) is 0.125. The van der Waals surface area contributed by atoms with Crippen molar-refractivity contribution in [2.45, 2.75) is 6.42 Å². The summed E-state index contributed by atoms with van der Waals surface area (Å²) in [6, 6.07) is 16.2. The predicted molar refractivity (Wildman–Crippen MR) is 79.4 cm³/mol. The standard InChI is InChI=1S/C16H14N2O3/c19-15(17-11-10-12-6-2-1-3-7-12)18-13-8-4-5-9-14(13)21-16(18)20/h1-9H,10-11H2,(H,17,19). The van der Waals surface area contributed by atoms with Crippen molar-refractivity contribution < 1.29 is 9.21 Å². The first-order chi connectivity index (χ1) is 10.3. The van der Waals surface area contributed by atoms with Gasteiger partial charge in [-0.2, -0.15) is 4.57 Å². The van der Waals surface area contributed by atoms with E-state index in [1.165, 1.54) is 0 Å². The van der Waals surface area contributed by atoms with E-state index < -0.39 is 11.8 Å². The first-order valence-electron chi connectivity index (χ1n) is 6.68. The molecular weight excluding hydrogens is 268 g/mol. The molecule has 3 aromatic rings. The normalized spacial score (nSPS) is 10.7. The third-order valence-corrected chi connectivity index (χ3v) is 3.22. The van der Waals surface area contributed by atoms with Crippen LogP contribution in [0, 0.1) is 0 Å². The second-order valence-electron chi connectivity index (χ2n) is 4.64. The molecule has 0 aliphatic carbocycles. The molecule has 1 amide bonds. The number of nitrogens with zero attached hydrogens (tertiary/aromatic N) is 1. The van der Waals surface area contributed by atoms with Gasteiger partial charge in [0, 0.05) is 6.54 Å². The van der Waals surface area contributed by atoms with Gasteiger partial charge in [-0.3, -0.25) is 0 Å². The van der Waals surface area contributed by atoms with Crippen LogP contribution in [-0.4, -0.2) is 17.1 Å². The van der Waals surface area contributed by atoms with Crippen LogP contribution < -0.4 is 11.1 Å². The molecule has 0 saturated carbocycles. The van der Waals surface area contributed by atoms with Crippen molar-refractivity contribution in [1.29, 1.82) is 0 Å². The molecule has 106 valence electrons. The van der Waals surface area contributed by atoms with Crippen molar-refractivity contribution in [3.8, 4) is 0 Å². The first kappa shape index (κ1) is 13.2. The Labute approximate surface area is 120 Å². The Kier molecular flexibility index (Phi) is 3.55. The number of rotatable bonds is 3.